The lowest BCUT2D eigenvalue weighted by molar-refractivity contribution is 0.0113. The Balaban J connectivity index is 1.47. The maximum atomic E-state index is 11.5. The molecule has 3 heterocycles. The van der Waals surface area contributed by atoms with Crippen LogP contribution in [0.25, 0.3) is 22.3 Å². The number of anilines is 1. The van der Waals surface area contributed by atoms with Crippen LogP contribution in [0.2, 0.25) is 0 Å². The number of methoxy groups -OCH3 is 2. The Morgan fingerprint density at radius 2 is 1.69 bits per heavy atom. The Bertz CT molecular complexity index is 1210. The lowest BCUT2D eigenvalue weighted by atomic mass is 9.84. The Hall–Kier alpha value is -3.16. The maximum Gasteiger partial charge on any atom is 0.162 e. The van der Waals surface area contributed by atoms with Crippen LogP contribution in [0.5, 0.6) is 11.5 Å². The van der Waals surface area contributed by atoms with Crippen molar-refractivity contribution in [2.45, 2.75) is 18.4 Å². The minimum absolute atomic E-state index is 0.579. The Morgan fingerprint density at radius 3 is 2.34 bits per heavy atom. The van der Waals surface area contributed by atoms with Gasteiger partial charge in [-0.05, 0) is 54.1 Å². The first kappa shape index (κ1) is 20.7. The van der Waals surface area contributed by atoms with E-state index in [1.54, 1.807) is 25.6 Å². The molecule has 2 aromatic carbocycles. The molecule has 0 unspecified atom stereocenters. The molecule has 6 nitrogen and oxygen atoms in total. The van der Waals surface area contributed by atoms with E-state index in [0.29, 0.717) is 37.4 Å². The van der Waals surface area contributed by atoms with Crippen molar-refractivity contribution >= 4 is 28.1 Å². The molecule has 164 valence electrons. The van der Waals surface area contributed by atoms with Crippen LogP contribution in [-0.2, 0) is 5.60 Å². The van der Waals surface area contributed by atoms with Gasteiger partial charge in [0.25, 0.3) is 0 Å². The number of aliphatic hydroxyl groups is 1. The third kappa shape index (κ3) is 3.78. The molecule has 1 aliphatic rings. The molecule has 1 N–H and O–H groups in total. The van der Waals surface area contributed by atoms with E-state index in [1.165, 1.54) is 0 Å². The van der Waals surface area contributed by atoms with E-state index in [2.05, 4.69) is 16.3 Å². The van der Waals surface area contributed by atoms with Gasteiger partial charge in [-0.2, -0.15) is 11.3 Å². The van der Waals surface area contributed by atoms with E-state index < -0.39 is 5.60 Å². The van der Waals surface area contributed by atoms with E-state index in [-0.39, 0.29) is 0 Å². The Morgan fingerprint density at radius 1 is 0.969 bits per heavy atom. The summed E-state index contributed by atoms with van der Waals surface area (Å²) >= 11 is 1.64. The molecule has 32 heavy (non-hydrogen) atoms. The standard InChI is InChI=1S/C25H25N3O3S/c1-30-19-13-18(14-20(15-19)31-2)25(29)8-10-28(11-9-25)24-21-5-3-4-6-22(21)26-23(27-24)17-7-12-32-16-17/h3-7,12-16,29H,8-11H2,1-2H3. The van der Waals surface area contributed by atoms with Gasteiger partial charge < -0.3 is 19.5 Å². The van der Waals surface area contributed by atoms with Gasteiger partial charge in [-0.15, -0.1) is 0 Å². The predicted octanol–water partition coefficient (Wildman–Crippen LogP) is 4.86. The fourth-order valence-corrected chi connectivity index (χ4v) is 4.91. The first-order chi connectivity index (χ1) is 15.6. The monoisotopic (exact) mass is 447 g/mol. The molecule has 0 amide bonds. The number of aromatic nitrogens is 2. The number of hydrogen-bond acceptors (Lipinski definition) is 7. The van der Waals surface area contributed by atoms with Gasteiger partial charge in [0.1, 0.15) is 17.3 Å². The van der Waals surface area contributed by atoms with E-state index in [1.807, 2.05) is 47.8 Å². The first-order valence-corrected chi connectivity index (χ1v) is 11.5. The number of ether oxygens (including phenoxy) is 2. The molecule has 7 heteroatoms. The van der Waals surface area contributed by atoms with Crippen molar-refractivity contribution in [2.24, 2.45) is 0 Å². The SMILES string of the molecule is COc1cc(OC)cc(C2(O)CCN(c3nc(-c4ccsc4)nc4ccccc34)CC2)c1. The molecular formula is C25H25N3O3S. The molecule has 0 atom stereocenters. The number of hydrogen-bond donors (Lipinski definition) is 1. The molecule has 1 saturated heterocycles. The summed E-state index contributed by atoms with van der Waals surface area (Å²) in [4.78, 5) is 12.0. The molecular weight excluding hydrogens is 422 g/mol. The smallest absolute Gasteiger partial charge is 0.162 e. The summed E-state index contributed by atoms with van der Waals surface area (Å²) in [6, 6.07) is 15.8. The third-order valence-corrected chi connectivity index (χ3v) is 6.82. The molecule has 1 fully saturated rings. The van der Waals surface area contributed by atoms with E-state index in [4.69, 9.17) is 19.4 Å². The van der Waals surface area contributed by atoms with Crippen LogP contribution in [0.3, 0.4) is 0 Å². The van der Waals surface area contributed by atoms with Crippen LogP contribution in [0, 0.1) is 0 Å². The summed E-state index contributed by atoms with van der Waals surface area (Å²) in [7, 11) is 3.24. The van der Waals surface area contributed by atoms with Gasteiger partial charge in [-0.3, -0.25) is 0 Å². The number of piperidine rings is 1. The topological polar surface area (TPSA) is 67.7 Å². The fourth-order valence-electron chi connectivity index (χ4n) is 4.27. The molecule has 4 aromatic rings. The van der Waals surface area contributed by atoms with Crippen LogP contribution in [0.15, 0.2) is 59.3 Å². The quantitative estimate of drug-likeness (QED) is 0.471. The Kier molecular flexibility index (Phi) is 5.45. The number of fused-ring (bicyclic) bond motifs is 1. The fraction of sp³-hybridized carbons (Fsp3) is 0.280. The zero-order chi connectivity index (χ0) is 22.1. The number of nitrogens with zero attached hydrogens (tertiary/aromatic N) is 3. The highest BCUT2D eigenvalue weighted by Crippen LogP contribution is 2.39. The van der Waals surface area contributed by atoms with Crippen molar-refractivity contribution in [2.75, 3.05) is 32.2 Å². The zero-order valence-electron chi connectivity index (χ0n) is 18.1. The van der Waals surface area contributed by atoms with Crippen LogP contribution in [-0.4, -0.2) is 42.4 Å². The molecule has 2 aromatic heterocycles. The van der Waals surface area contributed by atoms with E-state index >= 15 is 0 Å². The summed E-state index contributed by atoms with van der Waals surface area (Å²) in [6.45, 7) is 1.36. The van der Waals surface area contributed by atoms with Gasteiger partial charge in [0.2, 0.25) is 0 Å². The number of benzene rings is 2. The molecule has 0 spiro atoms. The van der Waals surface area contributed by atoms with Crippen LogP contribution in [0.4, 0.5) is 5.82 Å². The molecule has 0 bridgehead atoms. The summed E-state index contributed by atoms with van der Waals surface area (Å²) in [5.74, 6) is 3.01. The highest BCUT2D eigenvalue weighted by atomic mass is 32.1. The highest BCUT2D eigenvalue weighted by molar-refractivity contribution is 7.08. The van der Waals surface area contributed by atoms with Crippen molar-refractivity contribution in [1.29, 1.82) is 0 Å². The highest BCUT2D eigenvalue weighted by Gasteiger charge is 2.35. The second-order valence-corrected chi connectivity index (χ2v) is 8.80. The summed E-state index contributed by atoms with van der Waals surface area (Å²) < 4.78 is 10.8. The van der Waals surface area contributed by atoms with Crippen LogP contribution in [0.1, 0.15) is 18.4 Å². The normalized spacial score (nSPS) is 15.7. The predicted molar refractivity (Wildman–Crippen MR) is 128 cm³/mol. The lowest BCUT2D eigenvalue weighted by Crippen LogP contribution is -2.43. The van der Waals surface area contributed by atoms with Gasteiger partial charge in [-0.25, -0.2) is 9.97 Å². The minimum Gasteiger partial charge on any atom is -0.497 e. The van der Waals surface area contributed by atoms with Gasteiger partial charge in [0.05, 0.1) is 25.3 Å². The second kappa shape index (κ2) is 8.41. The Labute approximate surface area is 191 Å². The maximum absolute atomic E-state index is 11.5. The van der Waals surface area contributed by atoms with E-state index in [0.717, 1.165) is 33.7 Å². The largest absolute Gasteiger partial charge is 0.497 e. The molecule has 5 rings (SSSR count). The van der Waals surface area contributed by atoms with E-state index in [9.17, 15) is 5.11 Å². The molecule has 0 radical (unpaired) electrons. The van der Waals surface area contributed by atoms with Crippen molar-refractivity contribution in [1.82, 2.24) is 9.97 Å². The first-order valence-electron chi connectivity index (χ1n) is 10.6. The second-order valence-electron chi connectivity index (χ2n) is 8.02. The van der Waals surface area contributed by atoms with Gasteiger partial charge in [-0.1, -0.05) is 12.1 Å². The van der Waals surface area contributed by atoms with Crippen LogP contribution < -0.4 is 14.4 Å². The number of para-hydroxylation sites is 1. The van der Waals surface area contributed by atoms with Crippen molar-refractivity contribution in [3.8, 4) is 22.9 Å². The minimum atomic E-state index is -0.947. The third-order valence-electron chi connectivity index (χ3n) is 6.14. The van der Waals surface area contributed by atoms with Gasteiger partial charge >= 0.3 is 0 Å². The molecule has 0 aliphatic carbocycles. The van der Waals surface area contributed by atoms with Crippen LogP contribution >= 0.6 is 11.3 Å². The van der Waals surface area contributed by atoms with Crippen molar-refractivity contribution in [3.63, 3.8) is 0 Å². The zero-order valence-corrected chi connectivity index (χ0v) is 18.9. The average molecular weight is 448 g/mol. The molecule has 1 aliphatic heterocycles. The number of thiophene rings is 1. The summed E-state index contributed by atoms with van der Waals surface area (Å²) in [5, 5.41) is 16.6. The van der Waals surface area contributed by atoms with Crippen molar-refractivity contribution < 1.29 is 14.6 Å². The summed E-state index contributed by atoms with van der Waals surface area (Å²) in [6.07, 6.45) is 1.16. The number of rotatable bonds is 5. The van der Waals surface area contributed by atoms with Gasteiger partial charge in [0.15, 0.2) is 5.82 Å². The summed E-state index contributed by atoms with van der Waals surface area (Å²) in [5.41, 5.74) is 1.83. The molecule has 0 saturated carbocycles. The van der Waals surface area contributed by atoms with Crippen molar-refractivity contribution in [3.05, 3.63) is 64.9 Å². The lowest BCUT2D eigenvalue weighted by Gasteiger charge is -2.39. The van der Waals surface area contributed by atoms with Gasteiger partial charge in [0, 0.05) is 35.5 Å². The average Bonchev–Trinajstić information content (AvgIpc) is 3.39.